The Kier molecular flexibility index (Phi) is 8.32. The number of amides is 1. The number of carbonyl (C=O) groups is 1. The lowest BCUT2D eigenvalue weighted by Gasteiger charge is -2.15. The summed E-state index contributed by atoms with van der Waals surface area (Å²) in [5.74, 6) is -0.929. The van der Waals surface area contributed by atoms with E-state index < -0.39 is 17.6 Å². The molecule has 0 saturated carbocycles. The first kappa shape index (κ1) is 26.0. The Bertz CT molecular complexity index is 1280. The number of nitrogens with one attached hydrogen (secondary N) is 2. The monoisotopic (exact) mass is 519 g/mol. The molecule has 0 radical (unpaired) electrons. The summed E-state index contributed by atoms with van der Waals surface area (Å²) in [4.78, 5) is 16.0. The highest BCUT2D eigenvalue weighted by atomic mass is 35.5. The molecule has 1 amide bonds. The molecular formula is C25H21Cl2F2N3O3. The van der Waals surface area contributed by atoms with Crippen molar-refractivity contribution in [3.63, 3.8) is 0 Å². The van der Waals surface area contributed by atoms with Crippen molar-refractivity contribution in [3.05, 3.63) is 81.7 Å². The van der Waals surface area contributed by atoms with Crippen LogP contribution in [0.5, 0.6) is 11.5 Å². The molecule has 0 atom stereocenters. The van der Waals surface area contributed by atoms with Crippen LogP contribution in [0, 0.1) is 12.7 Å². The van der Waals surface area contributed by atoms with Crippen LogP contribution in [0.25, 0.3) is 11.9 Å². The van der Waals surface area contributed by atoms with Gasteiger partial charge in [-0.1, -0.05) is 29.8 Å². The molecule has 3 rings (SSSR count). The summed E-state index contributed by atoms with van der Waals surface area (Å²) in [6.07, 6.45) is 3.71. The van der Waals surface area contributed by atoms with Crippen LogP contribution in [-0.2, 0) is 4.79 Å². The zero-order valence-electron chi connectivity index (χ0n) is 19.0. The van der Waals surface area contributed by atoms with E-state index in [9.17, 15) is 9.18 Å². The second kappa shape index (κ2) is 11.2. The van der Waals surface area contributed by atoms with Crippen molar-refractivity contribution in [1.82, 2.24) is 4.98 Å². The number of benzene rings is 2. The number of anilines is 3. The van der Waals surface area contributed by atoms with Gasteiger partial charge in [0.15, 0.2) is 0 Å². The third-order valence-electron chi connectivity index (χ3n) is 4.89. The number of ether oxygens (including phenoxy) is 2. The Hall–Kier alpha value is -3.62. The Labute approximate surface area is 211 Å². The highest BCUT2D eigenvalue weighted by molar-refractivity contribution is 6.39. The second-order valence-corrected chi connectivity index (χ2v) is 7.97. The van der Waals surface area contributed by atoms with Gasteiger partial charge in [-0.25, -0.2) is 13.8 Å². The molecule has 3 aromatic rings. The predicted octanol–water partition coefficient (Wildman–Crippen LogP) is 7.19. The lowest BCUT2D eigenvalue weighted by atomic mass is 10.1. The molecule has 0 aliphatic heterocycles. The van der Waals surface area contributed by atoms with Crippen LogP contribution in [-0.4, -0.2) is 25.1 Å². The number of aryl methyl sites for hydroxylation is 1. The van der Waals surface area contributed by atoms with Gasteiger partial charge >= 0.3 is 0 Å². The summed E-state index contributed by atoms with van der Waals surface area (Å²) >= 11 is 12.5. The van der Waals surface area contributed by atoms with Crippen molar-refractivity contribution in [1.29, 1.82) is 0 Å². The SMILES string of the molecule is C=CC(=O)Nc1cc(F)cc(C)c1Nc1ccc(/C=C(\F)c2c(Cl)c(OC)cc(OC)c2Cl)cn1. The average molecular weight is 520 g/mol. The minimum absolute atomic E-state index is 0.000758. The number of halogens is 4. The molecule has 0 fully saturated rings. The molecule has 0 aliphatic rings. The third kappa shape index (κ3) is 5.90. The summed E-state index contributed by atoms with van der Waals surface area (Å²) in [5.41, 5.74) is 1.55. The summed E-state index contributed by atoms with van der Waals surface area (Å²) in [7, 11) is 2.79. The Morgan fingerprint density at radius 3 is 2.31 bits per heavy atom. The van der Waals surface area contributed by atoms with Crippen molar-refractivity contribution < 1.29 is 23.0 Å². The minimum Gasteiger partial charge on any atom is -0.495 e. The van der Waals surface area contributed by atoms with E-state index in [0.717, 1.165) is 6.08 Å². The lowest BCUT2D eigenvalue weighted by Crippen LogP contribution is -2.10. The lowest BCUT2D eigenvalue weighted by molar-refractivity contribution is -0.111. The number of aromatic nitrogens is 1. The van der Waals surface area contributed by atoms with Gasteiger partial charge in [-0.15, -0.1) is 0 Å². The molecule has 35 heavy (non-hydrogen) atoms. The zero-order valence-corrected chi connectivity index (χ0v) is 20.5. The molecule has 2 aromatic carbocycles. The van der Waals surface area contributed by atoms with E-state index in [4.69, 9.17) is 32.7 Å². The smallest absolute Gasteiger partial charge is 0.247 e. The van der Waals surface area contributed by atoms with Crippen LogP contribution in [0.1, 0.15) is 16.7 Å². The van der Waals surface area contributed by atoms with E-state index in [0.29, 0.717) is 22.6 Å². The van der Waals surface area contributed by atoms with Crippen LogP contribution in [0.2, 0.25) is 10.0 Å². The standard InChI is InChI=1S/C25H21Cl2F2N3O3/c1-5-21(33)31-17-10-15(28)8-13(2)25(17)32-20-7-6-14(12-30-20)9-16(29)22-23(26)18(34-3)11-19(35-4)24(22)27/h5-12H,1H2,2-4H3,(H,30,32)(H,31,33)/b16-9-. The van der Waals surface area contributed by atoms with Crippen molar-refractivity contribution in [2.45, 2.75) is 6.92 Å². The molecule has 0 saturated heterocycles. The first-order valence-electron chi connectivity index (χ1n) is 10.1. The van der Waals surface area contributed by atoms with Crippen LogP contribution < -0.4 is 20.1 Å². The highest BCUT2D eigenvalue weighted by Gasteiger charge is 2.20. The zero-order chi connectivity index (χ0) is 25.7. The molecule has 2 N–H and O–H groups in total. The molecule has 0 aliphatic carbocycles. The normalized spacial score (nSPS) is 11.1. The van der Waals surface area contributed by atoms with Crippen LogP contribution in [0.15, 0.2) is 49.2 Å². The first-order chi connectivity index (χ1) is 16.7. The van der Waals surface area contributed by atoms with Gasteiger partial charge in [0.25, 0.3) is 0 Å². The van der Waals surface area contributed by atoms with E-state index >= 15 is 4.39 Å². The van der Waals surface area contributed by atoms with Gasteiger partial charge in [-0.3, -0.25) is 4.79 Å². The van der Waals surface area contributed by atoms with E-state index in [-0.39, 0.29) is 32.8 Å². The van der Waals surface area contributed by atoms with Gasteiger partial charge in [-0.2, -0.15) is 0 Å². The van der Waals surface area contributed by atoms with Crippen LogP contribution >= 0.6 is 23.2 Å². The van der Waals surface area contributed by atoms with Crippen molar-refractivity contribution in [2.24, 2.45) is 0 Å². The summed E-state index contributed by atoms with van der Waals surface area (Å²) in [6.45, 7) is 5.07. The predicted molar refractivity (Wildman–Crippen MR) is 136 cm³/mol. The van der Waals surface area contributed by atoms with E-state index in [1.165, 1.54) is 44.7 Å². The summed E-state index contributed by atoms with van der Waals surface area (Å²) < 4.78 is 39.4. The van der Waals surface area contributed by atoms with Gasteiger partial charge in [0.2, 0.25) is 5.91 Å². The molecular weight excluding hydrogens is 499 g/mol. The Morgan fingerprint density at radius 2 is 1.77 bits per heavy atom. The number of methoxy groups -OCH3 is 2. The first-order valence-corrected chi connectivity index (χ1v) is 10.9. The third-order valence-corrected chi connectivity index (χ3v) is 5.64. The number of hydrogen-bond acceptors (Lipinski definition) is 5. The Morgan fingerprint density at radius 1 is 1.11 bits per heavy atom. The second-order valence-electron chi connectivity index (χ2n) is 7.22. The van der Waals surface area contributed by atoms with E-state index in [2.05, 4.69) is 22.2 Å². The molecule has 0 bridgehead atoms. The molecule has 0 unspecified atom stereocenters. The number of carbonyl (C=O) groups excluding carboxylic acids is 1. The van der Waals surface area contributed by atoms with Crippen molar-refractivity contribution in [3.8, 4) is 11.5 Å². The maximum atomic E-state index is 15.2. The molecule has 1 heterocycles. The van der Waals surface area contributed by atoms with Crippen molar-refractivity contribution >= 4 is 58.2 Å². The van der Waals surface area contributed by atoms with Gasteiger partial charge in [0.1, 0.15) is 29.0 Å². The van der Waals surface area contributed by atoms with Gasteiger partial charge in [0, 0.05) is 12.3 Å². The summed E-state index contributed by atoms with van der Waals surface area (Å²) in [6, 6.07) is 7.16. The minimum atomic E-state index is -0.719. The molecule has 0 spiro atoms. The van der Waals surface area contributed by atoms with Crippen LogP contribution in [0.3, 0.4) is 0 Å². The van der Waals surface area contributed by atoms with Crippen molar-refractivity contribution in [2.75, 3.05) is 24.9 Å². The number of rotatable bonds is 8. The summed E-state index contributed by atoms with van der Waals surface area (Å²) in [5, 5.41) is 5.60. The topological polar surface area (TPSA) is 72.5 Å². The highest BCUT2D eigenvalue weighted by Crippen LogP contribution is 2.44. The molecule has 1 aromatic heterocycles. The van der Waals surface area contributed by atoms with Gasteiger partial charge in [0.05, 0.1) is 41.2 Å². The number of hydrogen-bond donors (Lipinski definition) is 2. The largest absolute Gasteiger partial charge is 0.495 e. The quantitative estimate of drug-likeness (QED) is 0.308. The van der Waals surface area contributed by atoms with Crippen LogP contribution in [0.4, 0.5) is 26.0 Å². The maximum Gasteiger partial charge on any atom is 0.247 e. The molecule has 6 nitrogen and oxygen atoms in total. The molecule has 182 valence electrons. The van der Waals surface area contributed by atoms with E-state index in [1.807, 2.05) is 0 Å². The number of nitrogens with zero attached hydrogens (tertiary/aromatic N) is 1. The fourth-order valence-corrected chi connectivity index (χ4v) is 3.88. The van der Waals surface area contributed by atoms with E-state index in [1.54, 1.807) is 19.1 Å². The molecule has 10 heteroatoms. The fraction of sp³-hybridized carbons (Fsp3) is 0.120. The average Bonchev–Trinajstić information content (AvgIpc) is 2.82. The fourth-order valence-electron chi connectivity index (χ4n) is 3.20. The maximum absolute atomic E-state index is 15.2. The van der Waals surface area contributed by atoms with Gasteiger partial charge in [-0.05, 0) is 54.5 Å². The number of pyridine rings is 1. The van der Waals surface area contributed by atoms with Gasteiger partial charge < -0.3 is 20.1 Å². The Balaban J connectivity index is 1.91.